The Balaban J connectivity index is 1.34. The van der Waals surface area contributed by atoms with Crippen LogP contribution in [0.25, 0.3) is 21.1 Å². The maximum Gasteiger partial charge on any atom is 0.234 e. The first-order valence-corrected chi connectivity index (χ1v) is 12.0. The summed E-state index contributed by atoms with van der Waals surface area (Å²) in [5.41, 5.74) is 4.09. The Hall–Kier alpha value is -3.56. The van der Waals surface area contributed by atoms with Crippen LogP contribution in [0.5, 0.6) is 0 Å². The first-order chi connectivity index (χ1) is 16.0. The van der Waals surface area contributed by atoms with Gasteiger partial charge in [0.1, 0.15) is 15.7 Å². The molecule has 0 aliphatic carbocycles. The molecule has 0 atom stereocenters. The molecule has 2 aromatic heterocycles. The largest absolute Gasteiger partial charge is 0.326 e. The summed E-state index contributed by atoms with van der Waals surface area (Å²) < 4.78 is 0. The van der Waals surface area contributed by atoms with E-state index in [-0.39, 0.29) is 17.6 Å². The van der Waals surface area contributed by atoms with Gasteiger partial charge in [0, 0.05) is 23.9 Å². The van der Waals surface area contributed by atoms with Crippen molar-refractivity contribution in [2.24, 2.45) is 0 Å². The Bertz CT molecular complexity index is 1260. The van der Waals surface area contributed by atoms with Crippen LogP contribution in [0, 0.1) is 6.92 Å². The number of aromatic nitrogens is 3. The zero-order chi connectivity index (χ0) is 23.2. The Labute approximate surface area is 199 Å². The van der Waals surface area contributed by atoms with E-state index in [1.807, 2.05) is 49.4 Å². The van der Waals surface area contributed by atoms with Gasteiger partial charge in [0.15, 0.2) is 0 Å². The van der Waals surface area contributed by atoms with Crippen LogP contribution in [0.4, 0.5) is 11.4 Å². The minimum Gasteiger partial charge on any atom is -0.326 e. The molecule has 0 unspecified atom stereocenters. The van der Waals surface area contributed by atoms with Crippen LogP contribution in [0.2, 0.25) is 0 Å². The quantitative estimate of drug-likeness (QED) is 0.354. The molecule has 166 valence electrons. The number of thioether (sulfide) groups is 1. The van der Waals surface area contributed by atoms with E-state index in [1.54, 1.807) is 35.6 Å². The second-order valence-electron chi connectivity index (χ2n) is 7.15. The van der Waals surface area contributed by atoms with Crippen LogP contribution >= 0.6 is 23.1 Å². The summed E-state index contributed by atoms with van der Waals surface area (Å²) in [6, 6.07) is 20.8. The van der Waals surface area contributed by atoms with E-state index in [4.69, 9.17) is 0 Å². The predicted octanol–water partition coefficient (Wildman–Crippen LogP) is 5.26. The van der Waals surface area contributed by atoms with E-state index in [0.717, 1.165) is 26.8 Å². The van der Waals surface area contributed by atoms with Gasteiger partial charge < -0.3 is 10.6 Å². The third-order valence-corrected chi connectivity index (χ3v) is 6.68. The van der Waals surface area contributed by atoms with E-state index < -0.39 is 0 Å². The van der Waals surface area contributed by atoms with Gasteiger partial charge in [-0.1, -0.05) is 42.1 Å². The van der Waals surface area contributed by atoms with Crippen LogP contribution < -0.4 is 10.6 Å². The molecule has 9 heteroatoms. The number of hydrogen-bond donors (Lipinski definition) is 2. The molecule has 0 radical (unpaired) electrons. The van der Waals surface area contributed by atoms with Crippen molar-refractivity contribution in [3.05, 3.63) is 72.4 Å². The van der Waals surface area contributed by atoms with Crippen LogP contribution in [-0.4, -0.2) is 32.7 Å². The lowest BCUT2D eigenvalue weighted by Gasteiger charge is -2.07. The number of rotatable bonds is 7. The molecule has 0 spiro atoms. The van der Waals surface area contributed by atoms with E-state index >= 15 is 0 Å². The van der Waals surface area contributed by atoms with Crippen molar-refractivity contribution < 1.29 is 9.59 Å². The molecule has 0 bridgehead atoms. The summed E-state index contributed by atoms with van der Waals surface area (Å²) in [6.45, 7) is 3.42. The normalized spacial score (nSPS) is 10.6. The Morgan fingerprint density at radius 2 is 1.61 bits per heavy atom. The molecule has 4 aromatic rings. The lowest BCUT2D eigenvalue weighted by Crippen LogP contribution is -2.14. The molecule has 0 saturated heterocycles. The summed E-state index contributed by atoms with van der Waals surface area (Å²) in [5, 5.41) is 15.7. The van der Waals surface area contributed by atoms with Gasteiger partial charge in [-0.3, -0.25) is 9.59 Å². The van der Waals surface area contributed by atoms with Crippen molar-refractivity contribution in [1.29, 1.82) is 0 Å². The van der Waals surface area contributed by atoms with Gasteiger partial charge in [0.2, 0.25) is 11.8 Å². The van der Waals surface area contributed by atoms with Crippen molar-refractivity contribution in [2.45, 2.75) is 18.9 Å². The monoisotopic (exact) mass is 475 g/mol. The third kappa shape index (κ3) is 6.03. The lowest BCUT2D eigenvalue weighted by molar-refractivity contribution is -0.114. The third-order valence-electron chi connectivity index (χ3n) is 4.53. The van der Waals surface area contributed by atoms with Crippen LogP contribution in [0.1, 0.15) is 12.6 Å². The van der Waals surface area contributed by atoms with Gasteiger partial charge in [-0.25, -0.2) is 4.98 Å². The highest BCUT2D eigenvalue weighted by molar-refractivity contribution is 7.99. The lowest BCUT2D eigenvalue weighted by atomic mass is 10.2. The van der Waals surface area contributed by atoms with Crippen molar-refractivity contribution in [3.8, 4) is 21.1 Å². The van der Waals surface area contributed by atoms with Crippen LogP contribution in [0.3, 0.4) is 0 Å². The average molecular weight is 476 g/mol. The topological polar surface area (TPSA) is 96.9 Å². The van der Waals surface area contributed by atoms with Gasteiger partial charge in [-0.2, -0.15) is 0 Å². The average Bonchev–Trinajstić information content (AvgIpc) is 3.21. The van der Waals surface area contributed by atoms with Gasteiger partial charge in [-0.15, -0.1) is 21.5 Å². The van der Waals surface area contributed by atoms with E-state index in [2.05, 4.69) is 25.8 Å². The molecule has 2 N–H and O–H groups in total. The maximum atomic E-state index is 12.3. The molecular formula is C24H21N5O2S2. The van der Waals surface area contributed by atoms with Crippen LogP contribution in [-0.2, 0) is 9.59 Å². The molecule has 2 amide bonds. The minimum atomic E-state index is -0.149. The standard InChI is InChI=1S/C24H21N5O2S2/c1-15-23(33-24(25-15)17-6-4-3-5-7-17)20-12-13-22(29-28-20)32-14-21(31)27-19-10-8-18(9-11-19)26-16(2)30/h3-13H,14H2,1-2H3,(H,26,30)(H,27,31). The zero-order valence-electron chi connectivity index (χ0n) is 18.0. The number of anilines is 2. The fourth-order valence-electron chi connectivity index (χ4n) is 3.03. The van der Waals surface area contributed by atoms with E-state index in [1.165, 1.54) is 18.7 Å². The van der Waals surface area contributed by atoms with Gasteiger partial charge >= 0.3 is 0 Å². The number of carbonyl (C=O) groups excluding carboxylic acids is 2. The molecule has 4 rings (SSSR count). The minimum absolute atomic E-state index is 0.141. The molecule has 0 fully saturated rings. The molecule has 2 heterocycles. The highest BCUT2D eigenvalue weighted by Crippen LogP contribution is 2.34. The van der Waals surface area contributed by atoms with Gasteiger partial charge in [0.05, 0.1) is 16.3 Å². The number of aryl methyl sites for hydroxylation is 1. The van der Waals surface area contributed by atoms with Crippen molar-refractivity contribution in [2.75, 3.05) is 16.4 Å². The smallest absolute Gasteiger partial charge is 0.234 e. The molecule has 0 aliphatic heterocycles. The number of amides is 2. The summed E-state index contributed by atoms with van der Waals surface area (Å²) in [7, 11) is 0. The fourth-order valence-corrected chi connectivity index (χ4v) is 4.68. The molecule has 2 aromatic carbocycles. The number of nitrogens with zero attached hydrogens (tertiary/aromatic N) is 3. The van der Waals surface area contributed by atoms with Gasteiger partial charge in [0.25, 0.3) is 0 Å². The zero-order valence-corrected chi connectivity index (χ0v) is 19.7. The number of nitrogens with one attached hydrogen (secondary N) is 2. The molecular weight excluding hydrogens is 454 g/mol. The van der Waals surface area contributed by atoms with E-state index in [0.29, 0.717) is 16.4 Å². The van der Waals surface area contributed by atoms with Gasteiger partial charge in [-0.05, 0) is 43.3 Å². The van der Waals surface area contributed by atoms with Crippen LogP contribution in [0.15, 0.2) is 71.8 Å². The van der Waals surface area contributed by atoms with Crippen molar-refractivity contribution in [3.63, 3.8) is 0 Å². The Morgan fingerprint density at radius 3 is 2.24 bits per heavy atom. The first-order valence-electron chi connectivity index (χ1n) is 10.2. The summed E-state index contributed by atoms with van der Waals surface area (Å²) in [5.74, 6) is -0.0828. The maximum absolute atomic E-state index is 12.3. The Kier molecular flexibility index (Phi) is 7.11. The van der Waals surface area contributed by atoms with E-state index in [9.17, 15) is 9.59 Å². The number of benzene rings is 2. The van der Waals surface area contributed by atoms with Crippen molar-refractivity contribution in [1.82, 2.24) is 15.2 Å². The second-order valence-corrected chi connectivity index (χ2v) is 9.15. The highest BCUT2D eigenvalue weighted by Gasteiger charge is 2.13. The van der Waals surface area contributed by atoms with Crippen molar-refractivity contribution >= 4 is 46.3 Å². The second kappa shape index (κ2) is 10.4. The number of thiazole rings is 1. The number of carbonyl (C=O) groups is 2. The summed E-state index contributed by atoms with van der Waals surface area (Å²) in [6.07, 6.45) is 0. The SMILES string of the molecule is CC(=O)Nc1ccc(NC(=O)CSc2ccc(-c3sc(-c4ccccc4)nc3C)nn2)cc1. The molecule has 0 aliphatic rings. The summed E-state index contributed by atoms with van der Waals surface area (Å²) in [4.78, 5) is 29.0. The molecule has 0 saturated carbocycles. The Morgan fingerprint density at radius 1 is 0.909 bits per heavy atom. The summed E-state index contributed by atoms with van der Waals surface area (Å²) >= 11 is 2.90. The fraction of sp³-hybridized carbons (Fsp3) is 0.125. The number of hydrogen-bond acceptors (Lipinski definition) is 7. The molecule has 7 nitrogen and oxygen atoms in total. The highest BCUT2D eigenvalue weighted by atomic mass is 32.2. The first kappa shape index (κ1) is 22.6. The predicted molar refractivity (Wildman–Crippen MR) is 133 cm³/mol. The molecule has 33 heavy (non-hydrogen) atoms.